The molecule has 1 aliphatic rings. The largest absolute Gasteiger partial charge is 0.480 e. The van der Waals surface area contributed by atoms with Gasteiger partial charge in [0, 0.05) is 21.1 Å². The van der Waals surface area contributed by atoms with Crippen LogP contribution in [-0.2, 0) is 18.9 Å². The number of thiocarbonyl (C=S) groups is 1. The third kappa shape index (κ3) is 3.14. The Morgan fingerprint density at radius 3 is 2.53 bits per heavy atom. The van der Waals surface area contributed by atoms with Crippen molar-refractivity contribution in [3.05, 3.63) is 0 Å². The van der Waals surface area contributed by atoms with Crippen molar-refractivity contribution in [1.29, 1.82) is 0 Å². The number of hydrogen-bond acceptors (Lipinski definition) is 5. The maximum Gasteiger partial charge on any atom is 0.157 e. The summed E-state index contributed by atoms with van der Waals surface area (Å²) in [4.78, 5) is 0. The first-order chi connectivity index (χ1) is 7.10. The standard InChI is InChI=1S/C9H15BO4S/c1-5(15)13-8-7(12-3)6(4-11-2)14-9(8)10/h6-9H,4H2,1-3H3/t6-,7?,8+,9-/m0/s1. The molecule has 0 spiro atoms. The van der Waals surface area contributed by atoms with E-state index in [1.54, 1.807) is 21.1 Å². The summed E-state index contributed by atoms with van der Waals surface area (Å²) in [5, 5.41) is 0.430. The van der Waals surface area contributed by atoms with Crippen LogP contribution in [0.4, 0.5) is 0 Å². The van der Waals surface area contributed by atoms with Gasteiger partial charge in [-0.25, -0.2) is 0 Å². The van der Waals surface area contributed by atoms with Crippen LogP contribution in [0.15, 0.2) is 0 Å². The Bertz CT molecular complexity index is 226. The van der Waals surface area contributed by atoms with Crippen molar-refractivity contribution >= 4 is 25.1 Å². The fraction of sp³-hybridized carbons (Fsp3) is 0.889. The summed E-state index contributed by atoms with van der Waals surface area (Å²) in [5.41, 5.74) is 0. The maximum absolute atomic E-state index is 5.77. The predicted molar refractivity (Wildman–Crippen MR) is 60.2 cm³/mol. The zero-order chi connectivity index (χ0) is 11.4. The molecule has 4 atom stereocenters. The summed E-state index contributed by atoms with van der Waals surface area (Å²) in [6.07, 6.45) is -0.833. The lowest BCUT2D eigenvalue weighted by Gasteiger charge is -2.22. The first-order valence-electron chi connectivity index (χ1n) is 4.70. The number of hydrogen-bond donors (Lipinski definition) is 0. The van der Waals surface area contributed by atoms with E-state index in [-0.39, 0.29) is 18.3 Å². The first-order valence-corrected chi connectivity index (χ1v) is 5.11. The number of ether oxygens (including phenoxy) is 4. The number of methoxy groups -OCH3 is 2. The van der Waals surface area contributed by atoms with Gasteiger partial charge in [0.2, 0.25) is 0 Å². The van der Waals surface area contributed by atoms with Gasteiger partial charge in [0.05, 0.1) is 12.6 Å². The zero-order valence-corrected chi connectivity index (χ0v) is 9.95. The van der Waals surface area contributed by atoms with Crippen molar-refractivity contribution in [2.24, 2.45) is 0 Å². The second-order valence-corrected chi connectivity index (χ2v) is 3.94. The van der Waals surface area contributed by atoms with Crippen molar-refractivity contribution in [2.45, 2.75) is 31.2 Å². The highest BCUT2D eigenvalue weighted by Gasteiger charge is 2.43. The van der Waals surface area contributed by atoms with E-state index in [4.69, 9.17) is 39.0 Å². The highest BCUT2D eigenvalue weighted by atomic mass is 32.1. The molecule has 1 fully saturated rings. The lowest BCUT2D eigenvalue weighted by atomic mass is 9.93. The van der Waals surface area contributed by atoms with Gasteiger partial charge in [0.1, 0.15) is 26.2 Å². The molecule has 15 heavy (non-hydrogen) atoms. The van der Waals surface area contributed by atoms with Crippen LogP contribution in [0.1, 0.15) is 6.92 Å². The van der Waals surface area contributed by atoms with Gasteiger partial charge in [-0.3, -0.25) is 0 Å². The van der Waals surface area contributed by atoms with Gasteiger partial charge in [-0.15, -0.1) is 0 Å². The zero-order valence-electron chi connectivity index (χ0n) is 9.14. The minimum absolute atomic E-state index is 0.214. The Morgan fingerprint density at radius 1 is 1.40 bits per heavy atom. The first kappa shape index (κ1) is 12.9. The third-order valence-corrected chi connectivity index (χ3v) is 2.35. The van der Waals surface area contributed by atoms with Crippen molar-refractivity contribution in [3.63, 3.8) is 0 Å². The van der Waals surface area contributed by atoms with Crippen molar-refractivity contribution < 1.29 is 18.9 Å². The van der Waals surface area contributed by atoms with Crippen molar-refractivity contribution in [2.75, 3.05) is 20.8 Å². The van der Waals surface area contributed by atoms with Crippen molar-refractivity contribution in [3.8, 4) is 0 Å². The van der Waals surface area contributed by atoms with E-state index in [1.165, 1.54) is 0 Å². The fourth-order valence-corrected chi connectivity index (χ4v) is 1.78. The quantitative estimate of drug-likeness (QED) is 0.512. The van der Waals surface area contributed by atoms with E-state index in [0.29, 0.717) is 11.7 Å². The number of rotatable bonds is 4. The summed E-state index contributed by atoms with van der Waals surface area (Å²) in [6, 6.07) is -0.534. The van der Waals surface area contributed by atoms with Crippen LogP contribution in [0.2, 0.25) is 0 Å². The Labute approximate surface area is 96.6 Å². The van der Waals surface area contributed by atoms with Crippen LogP contribution in [-0.4, -0.2) is 58.0 Å². The summed E-state index contributed by atoms with van der Waals surface area (Å²) in [5.74, 6) is 0. The van der Waals surface area contributed by atoms with E-state index in [1.807, 2.05) is 0 Å². The fourth-order valence-electron chi connectivity index (χ4n) is 1.67. The Kier molecular flexibility index (Phi) is 4.98. The van der Waals surface area contributed by atoms with E-state index >= 15 is 0 Å². The van der Waals surface area contributed by atoms with Crippen LogP contribution < -0.4 is 0 Å². The molecule has 1 aliphatic heterocycles. The maximum atomic E-state index is 5.77. The van der Waals surface area contributed by atoms with Crippen LogP contribution in [0, 0.1) is 0 Å². The van der Waals surface area contributed by atoms with Gasteiger partial charge in [0.25, 0.3) is 0 Å². The lowest BCUT2D eigenvalue weighted by Crippen LogP contribution is -2.39. The van der Waals surface area contributed by atoms with Crippen molar-refractivity contribution in [1.82, 2.24) is 0 Å². The molecular formula is C9H15BO4S. The highest BCUT2D eigenvalue weighted by molar-refractivity contribution is 7.80. The summed E-state index contributed by atoms with van der Waals surface area (Å²) < 4.78 is 21.2. The molecule has 4 nitrogen and oxygen atoms in total. The minimum atomic E-state index is -0.534. The molecular weight excluding hydrogens is 215 g/mol. The van der Waals surface area contributed by atoms with Gasteiger partial charge in [-0.1, -0.05) is 0 Å². The molecule has 0 amide bonds. The van der Waals surface area contributed by atoms with Gasteiger partial charge in [0.15, 0.2) is 5.05 Å². The van der Waals surface area contributed by atoms with Gasteiger partial charge in [-0.2, -0.15) is 0 Å². The summed E-state index contributed by atoms with van der Waals surface area (Å²) in [7, 11) is 8.96. The van der Waals surface area contributed by atoms with Crippen LogP contribution in [0.25, 0.3) is 0 Å². The topological polar surface area (TPSA) is 36.9 Å². The van der Waals surface area contributed by atoms with Gasteiger partial charge in [-0.05, 0) is 12.2 Å². The Balaban J connectivity index is 2.64. The molecule has 1 rings (SSSR count). The molecule has 1 saturated heterocycles. The normalized spacial score (nSPS) is 35.4. The lowest BCUT2D eigenvalue weighted by molar-refractivity contribution is -0.0389. The van der Waals surface area contributed by atoms with Crippen LogP contribution >= 0.6 is 12.2 Å². The molecule has 0 bridgehead atoms. The molecule has 0 saturated carbocycles. The molecule has 0 aromatic heterocycles. The van der Waals surface area contributed by atoms with E-state index in [9.17, 15) is 0 Å². The summed E-state index contributed by atoms with van der Waals surface area (Å²) in [6.45, 7) is 2.11. The Hall–Kier alpha value is -0.165. The second-order valence-electron chi connectivity index (χ2n) is 3.37. The SMILES string of the molecule is [B][C@H]1O[C@@H](COC)C(OC)[C@H]1OC(C)=S. The Morgan fingerprint density at radius 2 is 2.07 bits per heavy atom. The summed E-state index contributed by atoms with van der Waals surface area (Å²) >= 11 is 4.87. The smallest absolute Gasteiger partial charge is 0.157 e. The average Bonchev–Trinajstić information content (AvgIpc) is 2.43. The molecule has 0 aromatic carbocycles. The van der Waals surface area contributed by atoms with Crippen LogP contribution in [0.3, 0.4) is 0 Å². The molecule has 6 heteroatoms. The third-order valence-electron chi connectivity index (χ3n) is 2.25. The minimum Gasteiger partial charge on any atom is -0.480 e. The van der Waals surface area contributed by atoms with E-state index in [0.717, 1.165) is 0 Å². The average molecular weight is 230 g/mol. The molecule has 1 heterocycles. The highest BCUT2D eigenvalue weighted by Crippen LogP contribution is 2.25. The molecule has 1 unspecified atom stereocenters. The molecule has 0 aliphatic carbocycles. The van der Waals surface area contributed by atoms with Gasteiger partial charge < -0.3 is 18.9 Å². The second kappa shape index (κ2) is 5.79. The predicted octanol–water partition coefficient (Wildman–Crippen LogP) is 0.274. The van der Waals surface area contributed by atoms with Crippen LogP contribution in [0.5, 0.6) is 0 Å². The van der Waals surface area contributed by atoms with Gasteiger partial charge >= 0.3 is 0 Å². The molecule has 84 valence electrons. The molecule has 2 radical (unpaired) electrons. The molecule has 0 aromatic rings. The van der Waals surface area contributed by atoms with E-state index < -0.39 is 6.00 Å². The molecule has 0 N–H and O–H groups in total. The van der Waals surface area contributed by atoms with E-state index in [2.05, 4.69) is 0 Å². The monoisotopic (exact) mass is 230 g/mol.